The highest BCUT2D eigenvalue weighted by atomic mass is 16.5. The van der Waals surface area contributed by atoms with Gasteiger partial charge >= 0.3 is 0 Å². The zero-order valence-corrected chi connectivity index (χ0v) is 15.1. The number of carbonyl (C=O) groups is 3. The Morgan fingerprint density at radius 2 is 1.63 bits per heavy atom. The topological polar surface area (TPSA) is 66.9 Å². The number of fused-ring (bicyclic) bond motifs is 1. The van der Waals surface area contributed by atoms with Crippen molar-refractivity contribution in [1.29, 1.82) is 0 Å². The van der Waals surface area contributed by atoms with Crippen molar-refractivity contribution in [1.82, 2.24) is 9.80 Å². The number of amides is 3. The minimum absolute atomic E-state index is 0.176. The summed E-state index contributed by atoms with van der Waals surface area (Å²) in [6, 6.07) is 14.4. The molecule has 1 heterocycles. The first-order chi connectivity index (χ1) is 13.1. The molecule has 0 N–H and O–H groups in total. The maximum absolute atomic E-state index is 12.9. The van der Waals surface area contributed by atoms with E-state index in [9.17, 15) is 14.4 Å². The Bertz CT molecular complexity index is 868. The average Bonchev–Trinajstić information content (AvgIpc) is 3.51. The van der Waals surface area contributed by atoms with Crippen molar-refractivity contribution in [2.75, 3.05) is 13.7 Å². The smallest absolute Gasteiger partial charge is 0.262 e. The first-order valence-corrected chi connectivity index (χ1v) is 8.96. The van der Waals surface area contributed by atoms with Crippen LogP contribution in [0.25, 0.3) is 0 Å². The van der Waals surface area contributed by atoms with Crippen LogP contribution in [0.1, 0.15) is 39.1 Å². The molecule has 2 aromatic rings. The molecule has 0 aromatic heterocycles. The van der Waals surface area contributed by atoms with Gasteiger partial charge in [0, 0.05) is 12.6 Å². The van der Waals surface area contributed by atoms with E-state index in [1.54, 1.807) is 36.3 Å². The second-order valence-corrected chi connectivity index (χ2v) is 6.84. The van der Waals surface area contributed by atoms with Crippen LogP contribution in [0.5, 0.6) is 5.75 Å². The lowest BCUT2D eigenvalue weighted by molar-refractivity contribution is -0.132. The predicted molar refractivity (Wildman–Crippen MR) is 98.4 cm³/mol. The standard InChI is InChI=1S/C21H20N2O4/c1-27-16-10-6-14(7-11-16)12-22(15-8-9-15)19(24)13-23-20(25)17-4-2-3-5-18(17)21(23)26/h2-7,10-11,15H,8-9,12-13H2,1H3. The van der Waals surface area contributed by atoms with E-state index in [0.29, 0.717) is 17.7 Å². The summed E-state index contributed by atoms with van der Waals surface area (Å²) in [6.45, 7) is 0.232. The maximum Gasteiger partial charge on any atom is 0.262 e. The molecule has 2 aliphatic rings. The largest absolute Gasteiger partial charge is 0.497 e. The second kappa shape index (κ2) is 6.87. The van der Waals surface area contributed by atoms with Crippen LogP contribution in [0.15, 0.2) is 48.5 Å². The molecular formula is C21H20N2O4. The number of rotatable bonds is 6. The molecule has 6 heteroatoms. The average molecular weight is 364 g/mol. The summed E-state index contributed by atoms with van der Waals surface area (Å²) in [4.78, 5) is 40.7. The number of benzene rings is 2. The molecule has 1 saturated carbocycles. The SMILES string of the molecule is COc1ccc(CN(C(=O)CN2C(=O)c3ccccc3C2=O)C2CC2)cc1. The van der Waals surface area contributed by atoms with Crippen LogP contribution in [0.3, 0.4) is 0 Å². The molecule has 27 heavy (non-hydrogen) atoms. The van der Waals surface area contributed by atoms with E-state index in [0.717, 1.165) is 29.1 Å². The van der Waals surface area contributed by atoms with E-state index in [1.165, 1.54) is 0 Å². The number of hydrogen-bond acceptors (Lipinski definition) is 4. The summed E-state index contributed by atoms with van der Waals surface area (Å²) in [5.41, 5.74) is 1.71. The van der Waals surface area contributed by atoms with Crippen molar-refractivity contribution in [3.8, 4) is 5.75 Å². The van der Waals surface area contributed by atoms with Gasteiger partial charge in [-0.25, -0.2) is 0 Å². The van der Waals surface area contributed by atoms with Crippen molar-refractivity contribution >= 4 is 17.7 Å². The van der Waals surface area contributed by atoms with Gasteiger partial charge in [0.1, 0.15) is 12.3 Å². The molecular weight excluding hydrogens is 344 g/mol. The Balaban J connectivity index is 1.48. The summed E-state index contributed by atoms with van der Waals surface area (Å²) in [7, 11) is 1.61. The molecule has 1 aliphatic heterocycles. The zero-order valence-electron chi connectivity index (χ0n) is 15.1. The lowest BCUT2D eigenvalue weighted by Crippen LogP contribution is -2.43. The van der Waals surface area contributed by atoms with Gasteiger partial charge in [0.15, 0.2) is 0 Å². The Hall–Kier alpha value is -3.15. The summed E-state index contributed by atoms with van der Waals surface area (Å²) in [5, 5.41) is 0. The third kappa shape index (κ3) is 3.30. The molecule has 2 aromatic carbocycles. The van der Waals surface area contributed by atoms with Crippen LogP contribution < -0.4 is 4.74 Å². The Morgan fingerprint density at radius 1 is 1.04 bits per heavy atom. The summed E-state index contributed by atoms with van der Waals surface area (Å²) >= 11 is 0. The van der Waals surface area contributed by atoms with Gasteiger partial charge in [-0.1, -0.05) is 24.3 Å². The minimum Gasteiger partial charge on any atom is -0.497 e. The maximum atomic E-state index is 12.9. The molecule has 1 fully saturated rings. The van der Waals surface area contributed by atoms with Gasteiger partial charge in [-0.2, -0.15) is 0 Å². The number of carbonyl (C=O) groups excluding carboxylic acids is 3. The Morgan fingerprint density at radius 3 is 2.15 bits per heavy atom. The zero-order chi connectivity index (χ0) is 19.0. The molecule has 0 unspecified atom stereocenters. The fourth-order valence-corrected chi connectivity index (χ4v) is 3.34. The van der Waals surface area contributed by atoms with Gasteiger partial charge in [-0.3, -0.25) is 19.3 Å². The van der Waals surface area contributed by atoms with E-state index in [4.69, 9.17) is 4.74 Å². The molecule has 0 spiro atoms. The first kappa shape index (κ1) is 17.3. The van der Waals surface area contributed by atoms with Crippen molar-refractivity contribution in [2.45, 2.75) is 25.4 Å². The lowest BCUT2D eigenvalue weighted by Gasteiger charge is -2.25. The van der Waals surface area contributed by atoms with Gasteiger partial charge in [-0.15, -0.1) is 0 Å². The van der Waals surface area contributed by atoms with Gasteiger partial charge in [0.25, 0.3) is 11.8 Å². The molecule has 1 aliphatic carbocycles. The summed E-state index contributed by atoms with van der Waals surface area (Å²) in [5.74, 6) is -0.245. The molecule has 4 rings (SSSR count). The second-order valence-electron chi connectivity index (χ2n) is 6.84. The summed E-state index contributed by atoms with van der Waals surface area (Å²) in [6.07, 6.45) is 1.90. The van der Waals surface area contributed by atoms with Crippen molar-refractivity contribution in [2.24, 2.45) is 0 Å². The van der Waals surface area contributed by atoms with Crippen molar-refractivity contribution in [3.63, 3.8) is 0 Å². The molecule has 0 radical (unpaired) electrons. The number of methoxy groups -OCH3 is 1. The molecule has 3 amide bonds. The molecule has 138 valence electrons. The molecule has 6 nitrogen and oxygen atoms in total. The number of imide groups is 1. The fourth-order valence-electron chi connectivity index (χ4n) is 3.34. The lowest BCUT2D eigenvalue weighted by atomic mass is 10.1. The number of ether oxygens (including phenoxy) is 1. The molecule has 0 atom stereocenters. The van der Waals surface area contributed by atoms with Gasteiger partial charge in [-0.05, 0) is 42.7 Å². The Labute approximate surface area is 157 Å². The molecule has 0 bridgehead atoms. The van der Waals surface area contributed by atoms with Crippen LogP contribution in [-0.4, -0.2) is 47.2 Å². The van der Waals surface area contributed by atoms with E-state index in [1.807, 2.05) is 24.3 Å². The van der Waals surface area contributed by atoms with E-state index in [-0.39, 0.29) is 18.5 Å². The normalized spacial score (nSPS) is 15.7. The highest BCUT2D eigenvalue weighted by Crippen LogP contribution is 2.30. The van der Waals surface area contributed by atoms with Crippen LogP contribution in [0, 0.1) is 0 Å². The van der Waals surface area contributed by atoms with Crippen molar-refractivity contribution in [3.05, 3.63) is 65.2 Å². The van der Waals surface area contributed by atoms with Gasteiger partial charge in [0.2, 0.25) is 5.91 Å². The van der Waals surface area contributed by atoms with Crippen LogP contribution in [-0.2, 0) is 11.3 Å². The third-order valence-electron chi connectivity index (χ3n) is 4.99. The predicted octanol–water partition coefficient (Wildman–Crippen LogP) is 2.48. The van der Waals surface area contributed by atoms with E-state index in [2.05, 4.69) is 0 Å². The molecule has 0 saturated heterocycles. The number of nitrogens with zero attached hydrogens (tertiary/aromatic N) is 2. The monoisotopic (exact) mass is 364 g/mol. The quantitative estimate of drug-likeness (QED) is 0.739. The van der Waals surface area contributed by atoms with E-state index < -0.39 is 11.8 Å². The fraction of sp³-hybridized carbons (Fsp3) is 0.286. The van der Waals surface area contributed by atoms with Crippen LogP contribution >= 0.6 is 0 Å². The summed E-state index contributed by atoms with van der Waals surface area (Å²) < 4.78 is 5.16. The van der Waals surface area contributed by atoms with Crippen LogP contribution in [0.4, 0.5) is 0 Å². The highest BCUT2D eigenvalue weighted by Gasteiger charge is 2.39. The van der Waals surface area contributed by atoms with E-state index >= 15 is 0 Å². The van der Waals surface area contributed by atoms with Gasteiger partial charge in [0.05, 0.1) is 18.2 Å². The first-order valence-electron chi connectivity index (χ1n) is 8.96. The highest BCUT2D eigenvalue weighted by molar-refractivity contribution is 6.22. The van der Waals surface area contributed by atoms with Crippen molar-refractivity contribution < 1.29 is 19.1 Å². The van der Waals surface area contributed by atoms with Gasteiger partial charge < -0.3 is 9.64 Å². The number of hydrogen-bond donors (Lipinski definition) is 0. The third-order valence-corrected chi connectivity index (χ3v) is 4.99. The Kier molecular flexibility index (Phi) is 4.39. The minimum atomic E-state index is -0.399. The van der Waals surface area contributed by atoms with Crippen LogP contribution in [0.2, 0.25) is 0 Å².